The topological polar surface area (TPSA) is 90.9 Å². The highest BCUT2D eigenvalue weighted by molar-refractivity contribution is 6.03. The van der Waals surface area contributed by atoms with Gasteiger partial charge in [0.05, 0.1) is 39.1 Å². The van der Waals surface area contributed by atoms with E-state index >= 15 is 0 Å². The summed E-state index contributed by atoms with van der Waals surface area (Å²) in [5, 5.41) is 2.84. The van der Waals surface area contributed by atoms with Crippen molar-refractivity contribution < 1.29 is 33.1 Å². The summed E-state index contributed by atoms with van der Waals surface area (Å²) in [7, 11) is 5.06. The minimum Gasteiger partial charge on any atom is -0.497 e. The molecule has 2 aromatic rings. The number of anilines is 1. The van der Waals surface area contributed by atoms with Crippen LogP contribution in [0.2, 0.25) is 0 Å². The third-order valence-corrected chi connectivity index (χ3v) is 5.50. The first-order valence-electron chi connectivity index (χ1n) is 10.8. The van der Waals surface area contributed by atoms with Crippen LogP contribution in [-0.2, 0) is 25.7 Å². The number of quaternary nitrogens is 1. The van der Waals surface area contributed by atoms with Crippen molar-refractivity contribution >= 4 is 23.5 Å². The van der Waals surface area contributed by atoms with Crippen molar-refractivity contribution in [1.82, 2.24) is 0 Å². The van der Waals surface area contributed by atoms with Gasteiger partial charge in [-0.15, -0.1) is 0 Å². The number of hydrogen-bond donors (Lipinski definition) is 1. The zero-order chi connectivity index (χ0) is 24.6. The third-order valence-electron chi connectivity index (χ3n) is 5.50. The highest BCUT2D eigenvalue weighted by Gasteiger charge is 2.34. The summed E-state index contributed by atoms with van der Waals surface area (Å²) in [6.07, 6.45) is 0. The van der Waals surface area contributed by atoms with Crippen LogP contribution in [0.3, 0.4) is 0 Å². The molecule has 0 aliphatic rings. The Hall–Kier alpha value is -3.39. The molecule has 0 saturated carbocycles. The van der Waals surface area contributed by atoms with Gasteiger partial charge >= 0.3 is 11.9 Å². The zero-order valence-corrected chi connectivity index (χ0v) is 20.1. The molecule has 8 heteroatoms. The molecule has 0 saturated heterocycles. The van der Waals surface area contributed by atoms with E-state index in [0.29, 0.717) is 17.0 Å². The lowest BCUT2D eigenvalue weighted by Crippen LogP contribution is -2.55. The number of nitrogens with zero attached hydrogens (tertiary/aromatic N) is 1. The van der Waals surface area contributed by atoms with Gasteiger partial charge < -0.3 is 24.0 Å². The Labute approximate surface area is 195 Å². The fourth-order valence-corrected chi connectivity index (χ4v) is 3.21. The van der Waals surface area contributed by atoms with Crippen LogP contribution in [0.5, 0.6) is 5.75 Å². The van der Waals surface area contributed by atoms with Gasteiger partial charge in [-0.25, -0.2) is 9.59 Å². The molecule has 0 bridgehead atoms. The number of hydrogen-bond acceptors (Lipinski definition) is 6. The molecule has 0 spiro atoms. The number of aryl methyl sites for hydroxylation is 1. The second-order valence-electron chi connectivity index (χ2n) is 8.34. The molecule has 33 heavy (non-hydrogen) atoms. The molecule has 2 aromatic carbocycles. The van der Waals surface area contributed by atoms with Crippen LogP contribution in [0.4, 0.5) is 5.69 Å². The SMILES string of the molecule is CCOC(=O)c1cc(OC)cc(C)c1NC(=O)C(C)[N+](C)(C)CC(=O)OCc1ccccc1. The second-order valence-corrected chi connectivity index (χ2v) is 8.34. The standard InChI is InChI=1S/C25H32N2O6/c1-7-32-25(30)21-14-20(31-6)13-17(2)23(21)26-24(29)18(3)27(4,5)15-22(28)33-16-19-11-9-8-10-12-19/h8-14,18H,7,15-16H2,1-6H3/p+1. The zero-order valence-electron chi connectivity index (χ0n) is 20.1. The molecule has 2 rings (SSSR count). The summed E-state index contributed by atoms with van der Waals surface area (Å²) in [5.74, 6) is -0.814. The molecule has 0 aliphatic heterocycles. The Morgan fingerprint density at radius 1 is 1.06 bits per heavy atom. The van der Waals surface area contributed by atoms with Gasteiger partial charge in [-0.05, 0) is 44.0 Å². The molecular weight excluding hydrogens is 424 g/mol. The van der Waals surface area contributed by atoms with E-state index in [1.807, 2.05) is 30.3 Å². The summed E-state index contributed by atoms with van der Waals surface area (Å²) < 4.78 is 15.8. The minimum absolute atomic E-state index is 0.00769. The van der Waals surface area contributed by atoms with Crippen LogP contribution < -0.4 is 10.1 Å². The quantitative estimate of drug-likeness (QED) is 0.435. The number of rotatable bonds is 10. The number of amides is 1. The molecule has 178 valence electrons. The van der Waals surface area contributed by atoms with Crippen LogP contribution in [0, 0.1) is 6.92 Å². The fourth-order valence-electron chi connectivity index (χ4n) is 3.21. The molecule has 0 aromatic heterocycles. The number of esters is 2. The van der Waals surface area contributed by atoms with Gasteiger partial charge in [-0.2, -0.15) is 0 Å². The molecular formula is C25H33N2O6+. The predicted octanol–water partition coefficient (Wildman–Crippen LogP) is 3.33. The predicted molar refractivity (Wildman–Crippen MR) is 125 cm³/mol. The maximum Gasteiger partial charge on any atom is 0.362 e. The number of ether oxygens (including phenoxy) is 3. The smallest absolute Gasteiger partial charge is 0.362 e. The van der Waals surface area contributed by atoms with Crippen LogP contribution >= 0.6 is 0 Å². The van der Waals surface area contributed by atoms with Crippen molar-refractivity contribution in [3.8, 4) is 5.75 Å². The van der Waals surface area contributed by atoms with Gasteiger partial charge in [-0.3, -0.25) is 4.79 Å². The number of methoxy groups -OCH3 is 1. The van der Waals surface area contributed by atoms with Crippen molar-refractivity contribution in [2.24, 2.45) is 0 Å². The molecule has 1 atom stereocenters. The Morgan fingerprint density at radius 2 is 1.73 bits per heavy atom. The summed E-state index contributed by atoms with van der Waals surface area (Å²) in [6.45, 7) is 5.59. The van der Waals surface area contributed by atoms with Gasteiger partial charge in [0.1, 0.15) is 12.4 Å². The van der Waals surface area contributed by atoms with Crippen LogP contribution in [-0.4, -0.2) is 62.7 Å². The van der Waals surface area contributed by atoms with Crippen LogP contribution in [0.15, 0.2) is 42.5 Å². The monoisotopic (exact) mass is 457 g/mol. The van der Waals surface area contributed by atoms with Crippen LogP contribution in [0.1, 0.15) is 35.3 Å². The molecule has 0 fully saturated rings. The normalized spacial score (nSPS) is 11.9. The van der Waals surface area contributed by atoms with E-state index in [9.17, 15) is 14.4 Å². The van der Waals surface area contributed by atoms with Crippen molar-refractivity contribution in [1.29, 1.82) is 0 Å². The summed E-state index contributed by atoms with van der Waals surface area (Å²) in [5.41, 5.74) is 2.12. The average molecular weight is 458 g/mol. The molecule has 1 unspecified atom stereocenters. The van der Waals surface area contributed by atoms with E-state index in [2.05, 4.69) is 5.32 Å². The van der Waals surface area contributed by atoms with Gasteiger partial charge in [0.2, 0.25) is 0 Å². The van der Waals surface area contributed by atoms with E-state index in [1.165, 1.54) is 13.2 Å². The van der Waals surface area contributed by atoms with Crippen LogP contribution in [0.25, 0.3) is 0 Å². The first-order valence-corrected chi connectivity index (χ1v) is 10.8. The second kappa shape index (κ2) is 11.5. The fraction of sp³-hybridized carbons (Fsp3) is 0.400. The Kier molecular flexibility index (Phi) is 8.99. The summed E-state index contributed by atoms with van der Waals surface area (Å²) in [4.78, 5) is 38.0. The molecule has 0 aliphatic carbocycles. The van der Waals surface area contributed by atoms with Gasteiger partial charge in [-0.1, -0.05) is 30.3 Å². The van der Waals surface area contributed by atoms with Gasteiger partial charge in [0.25, 0.3) is 5.91 Å². The lowest BCUT2D eigenvalue weighted by Gasteiger charge is -2.34. The first kappa shape index (κ1) is 25.9. The maximum atomic E-state index is 13.1. The Balaban J connectivity index is 2.12. The van der Waals surface area contributed by atoms with Crippen molar-refractivity contribution in [3.05, 3.63) is 59.2 Å². The summed E-state index contributed by atoms with van der Waals surface area (Å²) >= 11 is 0. The molecule has 0 heterocycles. The molecule has 1 amide bonds. The number of carbonyl (C=O) groups is 3. The molecule has 1 N–H and O–H groups in total. The average Bonchev–Trinajstić information content (AvgIpc) is 2.78. The number of nitrogens with one attached hydrogen (secondary N) is 1. The number of carbonyl (C=O) groups excluding carboxylic acids is 3. The molecule has 8 nitrogen and oxygen atoms in total. The van der Waals surface area contributed by atoms with E-state index in [-0.39, 0.29) is 35.7 Å². The lowest BCUT2D eigenvalue weighted by molar-refractivity contribution is -0.896. The molecule has 0 radical (unpaired) electrons. The van der Waals surface area contributed by atoms with Gasteiger partial charge in [0, 0.05) is 0 Å². The minimum atomic E-state index is -0.606. The van der Waals surface area contributed by atoms with Gasteiger partial charge in [0.15, 0.2) is 12.6 Å². The van der Waals surface area contributed by atoms with Crippen molar-refractivity contribution in [2.45, 2.75) is 33.4 Å². The third kappa shape index (κ3) is 7.05. The lowest BCUT2D eigenvalue weighted by atomic mass is 10.1. The van der Waals surface area contributed by atoms with E-state index in [4.69, 9.17) is 14.2 Å². The van der Waals surface area contributed by atoms with Crippen molar-refractivity contribution in [2.75, 3.05) is 39.7 Å². The largest absolute Gasteiger partial charge is 0.497 e. The van der Waals surface area contributed by atoms with E-state index in [0.717, 1.165) is 5.56 Å². The number of likely N-dealkylation sites (N-methyl/N-ethyl adjacent to an activating group) is 1. The Bertz CT molecular complexity index is 988. The first-order chi connectivity index (χ1) is 15.6. The van der Waals surface area contributed by atoms with E-state index in [1.54, 1.807) is 40.9 Å². The summed E-state index contributed by atoms with van der Waals surface area (Å²) in [6, 6.07) is 12.1. The highest BCUT2D eigenvalue weighted by Crippen LogP contribution is 2.28. The highest BCUT2D eigenvalue weighted by atomic mass is 16.5. The van der Waals surface area contributed by atoms with E-state index < -0.39 is 18.0 Å². The van der Waals surface area contributed by atoms with Crippen molar-refractivity contribution in [3.63, 3.8) is 0 Å². The Morgan fingerprint density at radius 3 is 2.33 bits per heavy atom. The maximum absolute atomic E-state index is 13.1. The number of benzene rings is 2.